The van der Waals surface area contributed by atoms with Crippen LogP contribution in [0.25, 0.3) is 0 Å². The molecule has 0 atom stereocenters. The maximum Gasteiger partial charge on any atom is 0.0669 e. The van der Waals surface area contributed by atoms with Crippen molar-refractivity contribution < 1.29 is 0 Å². The maximum absolute atomic E-state index is 8.57. The van der Waals surface area contributed by atoms with Crippen LogP contribution < -0.4 is 5.32 Å². The molecule has 0 radical (unpaired) electrons. The van der Waals surface area contributed by atoms with Gasteiger partial charge in [-0.3, -0.25) is 0 Å². The van der Waals surface area contributed by atoms with E-state index in [1.165, 1.54) is 0 Å². The van der Waals surface area contributed by atoms with Crippen molar-refractivity contribution in [1.82, 2.24) is 0 Å². The van der Waals surface area contributed by atoms with Crippen molar-refractivity contribution in [2.45, 2.75) is 6.42 Å². The highest BCUT2D eigenvalue weighted by Crippen LogP contribution is 2.19. The van der Waals surface area contributed by atoms with Crippen molar-refractivity contribution in [3.05, 3.63) is 59.1 Å². The van der Waals surface area contributed by atoms with E-state index in [0.29, 0.717) is 6.42 Å². The van der Waals surface area contributed by atoms with E-state index >= 15 is 0 Å². The van der Waals surface area contributed by atoms with Crippen molar-refractivity contribution in [3.8, 4) is 6.07 Å². The number of hydrogen-bond donors (Lipinski definition) is 1. The molecule has 0 aliphatic carbocycles. The standard InChI is InChI=1S/C14H11ClN2/c15-12-3-7-14(8-4-12)17-13-5-1-11(2-6-13)9-10-16/h1-8,17H,9H2. The Bertz CT molecular complexity index is 524. The summed E-state index contributed by atoms with van der Waals surface area (Å²) in [4.78, 5) is 0. The molecule has 0 spiro atoms. The number of rotatable bonds is 3. The topological polar surface area (TPSA) is 35.8 Å². The molecule has 0 saturated carbocycles. The second-order valence-electron chi connectivity index (χ2n) is 3.66. The molecular formula is C14H11ClN2. The number of nitriles is 1. The van der Waals surface area contributed by atoms with Crippen LogP contribution >= 0.6 is 11.6 Å². The normalized spacial score (nSPS) is 9.65. The monoisotopic (exact) mass is 242 g/mol. The molecule has 17 heavy (non-hydrogen) atoms. The molecule has 0 aliphatic rings. The average Bonchev–Trinajstić information content (AvgIpc) is 2.35. The lowest BCUT2D eigenvalue weighted by Crippen LogP contribution is -1.90. The van der Waals surface area contributed by atoms with Crippen LogP contribution in [0, 0.1) is 11.3 Å². The minimum absolute atomic E-state index is 0.446. The third-order valence-corrected chi connectivity index (χ3v) is 2.62. The van der Waals surface area contributed by atoms with Gasteiger partial charge >= 0.3 is 0 Å². The molecule has 0 amide bonds. The number of hydrogen-bond acceptors (Lipinski definition) is 2. The average molecular weight is 243 g/mol. The molecule has 2 aromatic carbocycles. The summed E-state index contributed by atoms with van der Waals surface area (Å²) in [7, 11) is 0. The fraction of sp³-hybridized carbons (Fsp3) is 0.0714. The van der Waals surface area contributed by atoms with E-state index in [2.05, 4.69) is 11.4 Å². The van der Waals surface area contributed by atoms with Gasteiger partial charge in [0.2, 0.25) is 0 Å². The van der Waals surface area contributed by atoms with Crippen molar-refractivity contribution in [1.29, 1.82) is 5.26 Å². The lowest BCUT2D eigenvalue weighted by atomic mass is 10.1. The summed E-state index contributed by atoms with van der Waals surface area (Å²) in [5, 5.41) is 12.6. The molecule has 2 rings (SSSR count). The molecule has 0 fully saturated rings. The molecular weight excluding hydrogens is 232 g/mol. The van der Waals surface area contributed by atoms with Gasteiger partial charge in [-0.15, -0.1) is 0 Å². The van der Waals surface area contributed by atoms with Crippen molar-refractivity contribution >= 4 is 23.0 Å². The Morgan fingerprint density at radius 1 is 0.941 bits per heavy atom. The van der Waals surface area contributed by atoms with E-state index in [9.17, 15) is 0 Å². The van der Waals surface area contributed by atoms with Crippen LogP contribution in [0.1, 0.15) is 5.56 Å². The summed E-state index contributed by atoms with van der Waals surface area (Å²) in [6.45, 7) is 0. The summed E-state index contributed by atoms with van der Waals surface area (Å²) in [6.07, 6.45) is 0.446. The van der Waals surface area contributed by atoms with Gasteiger partial charge in [0, 0.05) is 16.4 Å². The van der Waals surface area contributed by atoms with Crippen LogP contribution in [0.15, 0.2) is 48.5 Å². The third kappa shape index (κ3) is 3.24. The van der Waals surface area contributed by atoms with E-state index in [0.717, 1.165) is 22.0 Å². The van der Waals surface area contributed by atoms with E-state index in [4.69, 9.17) is 16.9 Å². The Balaban J connectivity index is 2.09. The summed E-state index contributed by atoms with van der Waals surface area (Å²) in [5.74, 6) is 0. The molecule has 0 heterocycles. The maximum atomic E-state index is 8.57. The van der Waals surface area contributed by atoms with Crippen LogP contribution in [0.3, 0.4) is 0 Å². The number of halogens is 1. The Kier molecular flexibility index (Phi) is 3.64. The first-order chi connectivity index (χ1) is 8.28. The smallest absolute Gasteiger partial charge is 0.0669 e. The molecule has 2 nitrogen and oxygen atoms in total. The highest BCUT2D eigenvalue weighted by atomic mass is 35.5. The van der Waals surface area contributed by atoms with E-state index in [-0.39, 0.29) is 0 Å². The summed E-state index contributed by atoms with van der Waals surface area (Å²) < 4.78 is 0. The van der Waals surface area contributed by atoms with Crippen LogP contribution in [-0.2, 0) is 6.42 Å². The van der Waals surface area contributed by atoms with Crippen LogP contribution in [-0.4, -0.2) is 0 Å². The zero-order valence-electron chi connectivity index (χ0n) is 9.15. The number of nitrogens with one attached hydrogen (secondary N) is 1. The molecule has 0 saturated heterocycles. The first-order valence-electron chi connectivity index (χ1n) is 5.26. The quantitative estimate of drug-likeness (QED) is 0.878. The second kappa shape index (κ2) is 5.38. The van der Waals surface area contributed by atoms with Gasteiger partial charge in [0.05, 0.1) is 12.5 Å². The van der Waals surface area contributed by atoms with E-state index in [1.54, 1.807) is 0 Å². The van der Waals surface area contributed by atoms with Gasteiger partial charge in [0.15, 0.2) is 0 Å². The van der Waals surface area contributed by atoms with Crippen LogP contribution in [0.5, 0.6) is 0 Å². The first-order valence-corrected chi connectivity index (χ1v) is 5.64. The molecule has 0 bridgehead atoms. The van der Waals surface area contributed by atoms with Gasteiger partial charge in [-0.05, 0) is 42.0 Å². The summed E-state index contributed by atoms with van der Waals surface area (Å²) >= 11 is 5.81. The Morgan fingerprint density at radius 2 is 1.47 bits per heavy atom. The largest absolute Gasteiger partial charge is 0.356 e. The van der Waals surface area contributed by atoms with Gasteiger partial charge in [-0.25, -0.2) is 0 Å². The molecule has 1 N–H and O–H groups in total. The predicted octanol–water partition coefficient (Wildman–Crippen LogP) is 4.15. The summed E-state index contributed by atoms with van der Waals surface area (Å²) in [6, 6.07) is 17.5. The van der Waals surface area contributed by atoms with E-state index < -0.39 is 0 Å². The Labute approximate surface area is 105 Å². The lowest BCUT2D eigenvalue weighted by Gasteiger charge is -2.06. The van der Waals surface area contributed by atoms with Gasteiger partial charge in [0.25, 0.3) is 0 Å². The molecule has 0 aromatic heterocycles. The van der Waals surface area contributed by atoms with Gasteiger partial charge in [-0.2, -0.15) is 5.26 Å². The second-order valence-corrected chi connectivity index (χ2v) is 4.10. The van der Waals surface area contributed by atoms with Gasteiger partial charge < -0.3 is 5.32 Å². The summed E-state index contributed by atoms with van der Waals surface area (Å²) in [5.41, 5.74) is 3.01. The van der Waals surface area contributed by atoms with Crippen LogP contribution in [0.2, 0.25) is 5.02 Å². The van der Waals surface area contributed by atoms with Gasteiger partial charge in [0.1, 0.15) is 0 Å². The highest BCUT2D eigenvalue weighted by Gasteiger charge is 1.96. The van der Waals surface area contributed by atoms with Crippen molar-refractivity contribution in [3.63, 3.8) is 0 Å². The Hall–Kier alpha value is -1.98. The highest BCUT2D eigenvalue weighted by molar-refractivity contribution is 6.30. The molecule has 0 unspecified atom stereocenters. The van der Waals surface area contributed by atoms with Crippen molar-refractivity contribution in [2.75, 3.05) is 5.32 Å². The van der Waals surface area contributed by atoms with Crippen LogP contribution in [0.4, 0.5) is 11.4 Å². The minimum atomic E-state index is 0.446. The number of benzene rings is 2. The SMILES string of the molecule is N#CCc1ccc(Nc2ccc(Cl)cc2)cc1. The minimum Gasteiger partial charge on any atom is -0.356 e. The fourth-order valence-corrected chi connectivity index (χ4v) is 1.62. The van der Waals surface area contributed by atoms with E-state index in [1.807, 2.05) is 48.5 Å². The third-order valence-electron chi connectivity index (χ3n) is 2.37. The molecule has 0 aliphatic heterocycles. The number of nitrogens with zero attached hydrogens (tertiary/aromatic N) is 1. The molecule has 3 heteroatoms. The first kappa shape index (κ1) is 11.5. The number of anilines is 2. The zero-order chi connectivity index (χ0) is 12.1. The Morgan fingerprint density at radius 3 is 2.00 bits per heavy atom. The van der Waals surface area contributed by atoms with Gasteiger partial charge in [-0.1, -0.05) is 23.7 Å². The fourth-order valence-electron chi connectivity index (χ4n) is 1.50. The molecule has 2 aromatic rings. The molecule has 84 valence electrons. The lowest BCUT2D eigenvalue weighted by molar-refractivity contribution is 1.26. The zero-order valence-corrected chi connectivity index (χ0v) is 9.91. The van der Waals surface area contributed by atoms with Crippen molar-refractivity contribution in [2.24, 2.45) is 0 Å². The predicted molar refractivity (Wildman–Crippen MR) is 70.5 cm³/mol.